The molecule has 1 amide bonds. The maximum absolute atomic E-state index is 11.9. The molecule has 0 unspecified atom stereocenters. The van der Waals surface area contributed by atoms with Gasteiger partial charge in [-0.05, 0) is 54.6 Å². The summed E-state index contributed by atoms with van der Waals surface area (Å²) in [7, 11) is 0. The van der Waals surface area contributed by atoms with E-state index in [4.69, 9.17) is 0 Å². The second kappa shape index (κ2) is 6.81. The molecule has 2 aromatic carbocycles. The molecule has 3 aromatic rings. The second-order valence-electron chi connectivity index (χ2n) is 4.50. The van der Waals surface area contributed by atoms with Crippen molar-refractivity contribution < 1.29 is 4.79 Å². The van der Waals surface area contributed by atoms with Gasteiger partial charge in [0.25, 0.3) is 5.91 Å². The van der Waals surface area contributed by atoms with E-state index < -0.39 is 0 Å². The Hall–Kier alpha value is -2.05. The fourth-order valence-corrected chi connectivity index (χ4v) is 2.91. The first-order valence-corrected chi connectivity index (χ1v) is 8.16. The highest BCUT2D eigenvalue weighted by Gasteiger charge is 2.07. The minimum Gasteiger partial charge on any atom is -0.321 e. The normalized spacial score (nSPS) is 10.4. The van der Waals surface area contributed by atoms with Crippen molar-refractivity contribution in [2.45, 2.75) is 9.79 Å². The molecule has 6 heteroatoms. The Balaban J connectivity index is 1.65. The van der Waals surface area contributed by atoms with Crippen LogP contribution in [0.5, 0.6) is 0 Å². The Labute approximate surface area is 140 Å². The van der Waals surface area contributed by atoms with Gasteiger partial charge in [0.15, 0.2) is 0 Å². The Kier molecular flexibility index (Phi) is 4.60. The van der Waals surface area contributed by atoms with Crippen LogP contribution >= 0.6 is 27.7 Å². The Morgan fingerprint density at radius 2 is 1.64 bits per heavy atom. The van der Waals surface area contributed by atoms with E-state index in [0.29, 0.717) is 5.69 Å². The zero-order valence-electron chi connectivity index (χ0n) is 11.4. The third-order valence-corrected chi connectivity index (χ3v) is 4.45. The van der Waals surface area contributed by atoms with E-state index in [2.05, 4.69) is 43.6 Å². The number of H-pyrrole nitrogens is 1. The van der Waals surface area contributed by atoms with E-state index in [1.165, 1.54) is 0 Å². The van der Waals surface area contributed by atoms with Gasteiger partial charge in [-0.25, -0.2) is 0 Å². The second-order valence-corrected chi connectivity index (χ2v) is 6.57. The van der Waals surface area contributed by atoms with Gasteiger partial charge in [-0.2, -0.15) is 5.10 Å². The number of carbonyl (C=O) groups excluding carboxylic acids is 1. The Morgan fingerprint density at radius 1 is 1.00 bits per heavy atom. The number of hydrogen-bond acceptors (Lipinski definition) is 3. The minimum absolute atomic E-state index is 0.203. The highest BCUT2D eigenvalue weighted by molar-refractivity contribution is 9.10. The number of aromatic amines is 1. The molecule has 0 saturated heterocycles. The highest BCUT2D eigenvalue weighted by Crippen LogP contribution is 2.29. The van der Waals surface area contributed by atoms with Crippen molar-refractivity contribution >= 4 is 39.3 Å². The van der Waals surface area contributed by atoms with Crippen molar-refractivity contribution in [1.29, 1.82) is 0 Å². The van der Waals surface area contributed by atoms with Gasteiger partial charge in [0.1, 0.15) is 5.69 Å². The lowest BCUT2D eigenvalue weighted by atomic mass is 10.3. The van der Waals surface area contributed by atoms with Gasteiger partial charge in [0, 0.05) is 26.1 Å². The van der Waals surface area contributed by atoms with Crippen molar-refractivity contribution in [2.75, 3.05) is 5.32 Å². The third-order valence-electron chi connectivity index (χ3n) is 2.91. The number of nitrogens with one attached hydrogen (secondary N) is 2. The molecule has 3 rings (SSSR count). The summed E-state index contributed by atoms with van der Waals surface area (Å²) in [5.74, 6) is -0.203. The summed E-state index contributed by atoms with van der Waals surface area (Å²) in [6, 6.07) is 17.5. The van der Waals surface area contributed by atoms with Crippen LogP contribution in [0.25, 0.3) is 0 Å². The summed E-state index contributed by atoms with van der Waals surface area (Å²) in [6.45, 7) is 0. The van der Waals surface area contributed by atoms with Crippen molar-refractivity contribution in [2.24, 2.45) is 0 Å². The lowest BCUT2D eigenvalue weighted by Crippen LogP contribution is -2.12. The van der Waals surface area contributed by atoms with Crippen LogP contribution in [0, 0.1) is 0 Å². The number of aromatic nitrogens is 2. The van der Waals surface area contributed by atoms with Crippen molar-refractivity contribution in [1.82, 2.24) is 10.2 Å². The zero-order chi connectivity index (χ0) is 15.4. The molecular formula is C16H12BrN3OS. The van der Waals surface area contributed by atoms with Gasteiger partial charge in [-0.15, -0.1) is 0 Å². The monoisotopic (exact) mass is 373 g/mol. The third kappa shape index (κ3) is 3.78. The number of amides is 1. The number of benzene rings is 2. The van der Waals surface area contributed by atoms with Gasteiger partial charge in [-0.3, -0.25) is 9.89 Å². The molecule has 4 nitrogen and oxygen atoms in total. The zero-order valence-corrected chi connectivity index (χ0v) is 13.8. The van der Waals surface area contributed by atoms with Crippen LogP contribution in [0.1, 0.15) is 10.5 Å². The fraction of sp³-hybridized carbons (Fsp3) is 0. The maximum Gasteiger partial charge on any atom is 0.273 e. The maximum atomic E-state index is 11.9. The molecule has 0 aliphatic carbocycles. The summed E-state index contributed by atoms with van der Waals surface area (Å²) in [5, 5.41) is 9.21. The van der Waals surface area contributed by atoms with E-state index in [0.717, 1.165) is 20.0 Å². The molecule has 22 heavy (non-hydrogen) atoms. The molecule has 2 N–H and O–H groups in total. The molecule has 0 bridgehead atoms. The first-order chi connectivity index (χ1) is 10.7. The predicted molar refractivity (Wildman–Crippen MR) is 91.2 cm³/mol. The SMILES string of the molecule is O=C(Nc1ccc(Sc2ccc(Br)cc2)cc1)c1ccn[nH]1. The lowest BCUT2D eigenvalue weighted by molar-refractivity contribution is 0.102. The highest BCUT2D eigenvalue weighted by atomic mass is 79.9. The molecule has 1 heterocycles. The van der Waals surface area contributed by atoms with Gasteiger partial charge < -0.3 is 5.32 Å². The first kappa shape index (κ1) is 14.9. The number of halogens is 1. The molecule has 0 spiro atoms. The molecule has 0 radical (unpaired) electrons. The van der Waals surface area contributed by atoms with Crippen molar-refractivity contribution in [3.63, 3.8) is 0 Å². The van der Waals surface area contributed by atoms with E-state index in [1.807, 2.05) is 36.4 Å². The average molecular weight is 374 g/mol. The molecular weight excluding hydrogens is 362 g/mol. The smallest absolute Gasteiger partial charge is 0.273 e. The first-order valence-electron chi connectivity index (χ1n) is 6.55. The van der Waals surface area contributed by atoms with Gasteiger partial charge in [0.05, 0.1) is 0 Å². The molecule has 0 fully saturated rings. The van der Waals surface area contributed by atoms with Crippen LogP contribution in [0.15, 0.2) is 75.1 Å². The lowest BCUT2D eigenvalue weighted by Gasteiger charge is -2.06. The molecule has 0 aliphatic heterocycles. The number of anilines is 1. The van der Waals surface area contributed by atoms with Crippen molar-refractivity contribution in [3.8, 4) is 0 Å². The quantitative estimate of drug-likeness (QED) is 0.703. The summed E-state index contributed by atoms with van der Waals surface area (Å²) >= 11 is 5.10. The number of nitrogens with zero attached hydrogens (tertiary/aromatic N) is 1. The number of rotatable bonds is 4. The topological polar surface area (TPSA) is 57.8 Å². The summed E-state index contributed by atoms with van der Waals surface area (Å²) in [5.41, 5.74) is 1.19. The molecule has 0 saturated carbocycles. The summed E-state index contributed by atoms with van der Waals surface area (Å²) in [4.78, 5) is 14.2. The average Bonchev–Trinajstić information content (AvgIpc) is 3.06. The van der Waals surface area contributed by atoms with Gasteiger partial charge >= 0.3 is 0 Å². The van der Waals surface area contributed by atoms with Crippen LogP contribution in [0.2, 0.25) is 0 Å². The van der Waals surface area contributed by atoms with Gasteiger partial charge in [-0.1, -0.05) is 27.7 Å². The number of carbonyl (C=O) groups is 1. The number of hydrogen-bond donors (Lipinski definition) is 2. The van der Waals surface area contributed by atoms with E-state index in [9.17, 15) is 4.79 Å². The van der Waals surface area contributed by atoms with Gasteiger partial charge in [0.2, 0.25) is 0 Å². The summed E-state index contributed by atoms with van der Waals surface area (Å²) < 4.78 is 1.06. The fourth-order valence-electron chi connectivity index (χ4n) is 1.83. The standard InChI is InChI=1S/C16H12BrN3OS/c17-11-1-5-13(6-2-11)22-14-7-3-12(4-8-14)19-16(21)15-9-10-18-20-15/h1-10H,(H,18,20)(H,19,21). The molecule has 0 atom stereocenters. The van der Waals surface area contributed by atoms with Crippen LogP contribution in [0.4, 0.5) is 5.69 Å². The van der Waals surface area contributed by atoms with Crippen molar-refractivity contribution in [3.05, 3.63) is 71.0 Å². The van der Waals surface area contributed by atoms with Crippen LogP contribution in [0.3, 0.4) is 0 Å². The van der Waals surface area contributed by atoms with E-state index in [-0.39, 0.29) is 5.91 Å². The molecule has 0 aliphatic rings. The predicted octanol–water partition coefficient (Wildman–Crippen LogP) is 4.58. The Morgan fingerprint density at radius 3 is 2.23 bits per heavy atom. The summed E-state index contributed by atoms with van der Waals surface area (Å²) in [6.07, 6.45) is 1.55. The largest absolute Gasteiger partial charge is 0.321 e. The minimum atomic E-state index is -0.203. The van der Waals surface area contributed by atoms with E-state index in [1.54, 1.807) is 24.0 Å². The van der Waals surface area contributed by atoms with Crippen LogP contribution < -0.4 is 5.32 Å². The van der Waals surface area contributed by atoms with E-state index >= 15 is 0 Å². The molecule has 1 aromatic heterocycles. The van der Waals surface area contributed by atoms with Crippen LogP contribution in [-0.4, -0.2) is 16.1 Å². The Bertz CT molecular complexity index is 755. The molecule has 110 valence electrons. The van der Waals surface area contributed by atoms with Crippen LogP contribution in [-0.2, 0) is 0 Å².